The van der Waals surface area contributed by atoms with Gasteiger partial charge in [-0.05, 0) is 49.3 Å². The van der Waals surface area contributed by atoms with Crippen LogP contribution in [0.3, 0.4) is 0 Å². The van der Waals surface area contributed by atoms with Crippen LogP contribution in [0.1, 0.15) is 23.5 Å². The molecule has 0 amide bonds. The van der Waals surface area contributed by atoms with E-state index in [1.54, 1.807) is 19.6 Å². The Morgan fingerprint density at radius 2 is 1.94 bits per heavy atom. The summed E-state index contributed by atoms with van der Waals surface area (Å²) in [5, 5.41) is 4.67. The van der Waals surface area contributed by atoms with Gasteiger partial charge < -0.3 is 9.64 Å². The Hall–Kier alpha value is -3.94. The number of aromatic nitrogens is 6. The minimum absolute atomic E-state index is 0.672. The quantitative estimate of drug-likeness (QED) is 0.494. The van der Waals surface area contributed by atoms with Gasteiger partial charge in [-0.1, -0.05) is 18.2 Å². The van der Waals surface area contributed by atoms with Crippen molar-refractivity contribution in [1.29, 1.82) is 0 Å². The first kappa shape index (κ1) is 19.0. The number of imidazole rings is 1. The van der Waals surface area contributed by atoms with Crippen molar-refractivity contribution in [3.63, 3.8) is 0 Å². The van der Waals surface area contributed by atoms with Crippen molar-refractivity contribution >= 4 is 23.8 Å². The number of benzene rings is 1. The Bertz CT molecular complexity index is 1230. The van der Waals surface area contributed by atoms with E-state index in [2.05, 4.69) is 32.1 Å². The van der Waals surface area contributed by atoms with Gasteiger partial charge in [0.2, 0.25) is 5.95 Å². The fourth-order valence-corrected chi connectivity index (χ4v) is 3.70. The molecule has 0 atom stereocenters. The van der Waals surface area contributed by atoms with E-state index in [0.29, 0.717) is 17.4 Å². The molecule has 0 aliphatic carbocycles. The molecule has 1 aliphatic rings. The van der Waals surface area contributed by atoms with E-state index in [1.165, 1.54) is 0 Å². The van der Waals surface area contributed by atoms with Gasteiger partial charge >= 0.3 is 0 Å². The lowest BCUT2D eigenvalue weighted by molar-refractivity contribution is 0.410. The van der Waals surface area contributed by atoms with Gasteiger partial charge in [-0.25, -0.2) is 14.6 Å². The predicted molar refractivity (Wildman–Crippen MR) is 120 cm³/mol. The molecule has 1 aliphatic heterocycles. The van der Waals surface area contributed by atoms with Gasteiger partial charge in [0.15, 0.2) is 17.4 Å². The first-order valence-corrected chi connectivity index (χ1v) is 10.2. The first-order valence-electron chi connectivity index (χ1n) is 10.2. The van der Waals surface area contributed by atoms with Gasteiger partial charge in [0, 0.05) is 31.2 Å². The summed E-state index contributed by atoms with van der Waals surface area (Å²) < 4.78 is 9.37. The summed E-state index contributed by atoms with van der Waals surface area (Å²) in [4.78, 5) is 15.8. The molecule has 0 N–H and O–H groups in total. The maximum atomic E-state index is 5.54. The molecular weight excluding hydrogens is 390 g/mol. The Morgan fingerprint density at radius 3 is 2.71 bits per heavy atom. The average Bonchev–Trinajstić information content (AvgIpc) is 3.43. The van der Waals surface area contributed by atoms with Crippen LogP contribution in [0.25, 0.3) is 18.0 Å². The first-order chi connectivity index (χ1) is 15.2. The zero-order valence-corrected chi connectivity index (χ0v) is 17.5. The highest BCUT2D eigenvalue weighted by Gasteiger charge is 2.21. The van der Waals surface area contributed by atoms with Crippen LogP contribution in [0.15, 0.2) is 55.1 Å². The maximum Gasteiger partial charge on any atom is 0.228 e. The fourth-order valence-electron chi connectivity index (χ4n) is 3.70. The number of para-hydroxylation sites is 1. The Labute approximate surface area is 180 Å². The average molecular weight is 413 g/mol. The van der Waals surface area contributed by atoms with Crippen LogP contribution in [0, 0.1) is 6.92 Å². The molecule has 156 valence electrons. The third-order valence-corrected chi connectivity index (χ3v) is 5.18. The second kappa shape index (κ2) is 8.06. The number of hydrogen-bond donors (Lipinski definition) is 0. The van der Waals surface area contributed by atoms with Crippen LogP contribution >= 0.6 is 0 Å². The largest absolute Gasteiger partial charge is 0.493 e. The highest BCUT2D eigenvalue weighted by atomic mass is 16.5. The Morgan fingerprint density at radius 1 is 1.06 bits per heavy atom. The van der Waals surface area contributed by atoms with E-state index < -0.39 is 0 Å². The number of hydrogen-bond acceptors (Lipinski definition) is 6. The van der Waals surface area contributed by atoms with Gasteiger partial charge in [-0.2, -0.15) is 4.98 Å². The SMILES string of the molecule is COc1cc(C=Cc2nc3n(n2)CCCN3c2ccccc2)cnc1-n1cnc(C)c1. The van der Waals surface area contributed by atoms with Crippen LogP contribution in [0.4, 0.5) is 11.6 Å². The Kier molecular flexibility index (Phi) is 4.95. The summed E-state index contributed by atoms with van der Waals surface area (Å²) in [5.41, 5.74) is 2.96. The minimum Gasteiger partial charge on any atom is -0.493 e. The molecule has 0 bridgehead atoms. The van der Waals surface area contributed by atoms with E-state index in [0.717, 1.165) is 42.4 Å². The van der Waals surface area contributed by atoms with Crippen LogP contribution in [0.5, 0.6) is 5.75 Å². The number of pyridine rings is 1. The molecule has 4 heterocycles. The number of methoxy groups -OCH3 is 1. The molecule has 0 fully saturated rings. The normalized spacial score (nSPS) is 13.5. The van der Waals surface area contributed by atoms with Crippen molar-refractivity contribution in [3.05, 3.63) is 72.2 Å². The van der Waals surface area contributed by atoms with E-state index in [4.69, 9.17) is 9.72 Å². The van der Waals surface area contributed by atoms with Gasteiger partial charge in [0.25, 0.3) is 0 Å². The van der Waals surface area contributed by atoms with Crippen LogP contribution in [0.2, 0.25) is 0 Å². The molecular formula is C23H23N7O. The van der Waals surface area contributed by atoms with Crippen molar-refractivity contribution in [2.75, 3.05) is 18.6 Å². The topological polar surface area (TPSA) is 73.9 Å². The fraction of sp³-hybridized carbons (Fsp3) is 0.217. The predicted octanol–water partition coefficient (Wildman–Crippen LogP) is 3.89. The molecule has 31 heavy (non-hydrogen) atoms. The lowest BCUT2D eigenvalue weighted by Gasteiger charge is -2.27. The molecule has 0 spiro atoms. The molecule has 1 aromatic carbocycles. The lowest BCUT2D eigenvalue weighted by Crippen LogP contribution is -2.28. The molecule has 3 aromatic heterocycles. The zero-order valence-electron chi connectivity index (χ0n) is 17.5. The molecule has 0 saturated carbocycles. The molecule has 0 radical (unpaired) electrons. The van der Waals surface area contributed by atoms with Gasteiger partial charge in [0.1, 0.15) is 6.33 Å². The van der Waals surface area contributed by atoms with E-state index >= 15 is 0 Å². The number of nitrogens with zero attached hydrogens (tertiary/aromatic N) is 7. The number of fused-ring (bicyclic) bond motifs is 1. The summed E-state index contributed by atoms with van der Waals surface area (Å²) in [5.74, 6) is 2.92. The number of aryl methyl sites for hydroxylation is 2. The minimum atomic E-state index is 0.672. The van der Waals surface area contributed by atoms with Crippen molar-refractivity contribution in [2.45, 2.75) is 19.9 Å². The van der Waals surface area contributed by atoms with Gasteiger partial charge in [0.05, 0.1) is 12.8 Å². The van der Waals surface area contributed by atoms with Crippen LogP contribution < -0.4 is 9.64 Å². The number of ether oxygens (including phenoxy) is 1. The van der Waals surface area contributed by atoms with Crippen molar-refractivity contribution in [2.24, 2.45) is 0 Å². The lowest BCUT2D eigenvalue weighted by atomic mass is 10.2. The van der Waals surface area contributed by atoms with E-state index in [-0.39, 0.29) is 0 Å². The highest BCUT2D eigenvalue weighted by Crippen LogP contribution is 2.28. The number of rotatable bonds is 5. The van der Waals surface area contributed by atoms with Crippen molar-refractivity contribution < 1.29 is 4.74 Å². The van der Waals surface area contributed by atoms with Crippen LogP contribution in [-0.4, -0.2) is 43.0 Å². The molecule has 0 saturated heterocycles. The summed E-state index contributed by atoms with van der Waals surface area (Å²) >= 11 is 0. The monoisotopic (exact) mass is 413 g/mol. The second-order valence-electron chi connectivity index (χ2n) is 7.38. The van der Waals surface area contributed by atoms with E-state index in [9.17, 15) is 0 Å². The summed E-state index contributed by atoms with van der Waals surface area (Å²) in [6, 6.07) is 12.2. The van der Waals surface area contributed by atoms with Crippen LogP contribution in [-0.2, 0) is 6.54 Å². The standard InChI is InChI=1S/C23H23N7O/c1-17-15-28(16-25-17)22-20(31-2)13-18(14-24-22)9-10-21-26-23-29(11-6-12-30(23)27-21)19-7-4-3-5-8-19/h3-5,7-10,13-16H,6,11-12H2,1-2H3. The Balaban J connectivity index is 1.41. The molecule has 8 heteroatoms. The molecule has 5 rings (SSSR count). The van der Waals surface area contributed by atoms with Gasteiger partial charge in [-0.3, -0.25) is 4.57 Å². The molecule has 8 nitrogen and oxygen atoms in total. The highest BCUT2D eigenvalue weighted by molar-refractivity contribution is 5.69. The summed E-state index contributed by atoms with van der Waals surface area (Å²) in [7, 11) is 1.64. The summed E-state index contributed by atoms with van der Waals surface area (Å²) in [6.07, 6.45) is 10.3. The number of anilines is 2. The van der Waals surface area contributed by atoms with Crippen molar-refractivity contribution in [1.82, 2.24) is 29.3 Å². The molecule has 0 unspecified atom stereocenters. The van der Waals surface area contributed by atoms with Gasteiger partial charge in [-0.15, -0.1) is 5.10 Å². The third kappa shape index (κ3) is 3.79. The van der Waals surface area contributed by atoms with Crippen molar-refractivity contribution in [3.8, 4) is 11.6 Å². The molecule has 4 aromatic rings. The second-order valence-corrected chi connectivity index (χ2v) is 7.38. The summed E-state index contributed by atoms with van der Waals surface area (Å²) in [6.45, 7) is 3.74. The third-order valence-electron chi connectivity index (χ3n) is 5.18. The smallest absolute Gasteiger partial charge is 0.228 e. The van der Waals surface area contributed by atoms with E-state index in [1.807, 2.05) is 58.8 Å². The zero-order chi connectivity index (χ0) is 21.2. The maximum absolute atomic E-state index is 5.54.